The standard InChI is InChI=1S/C19H19NO2S/c1-4-14-5-8-16(9-6-14)23-20-15-7-10-18-17(11-15)19(12(2)21)13(3)22-18/h5-11,20H,4H2,1-3H3. The Morgan fingerprint density at radius 3 is 2.57 bits per heavy atom. The lowest BCUT2D eigenvalue weighted by Gasteiger charge is -2.06. The van der Waals surface area contributed by atoms with Crippen molar-refractivity contribution in [2.45, 2.75) is 32.1 Å². The van der Waals surface area contributed by atoms with E-state index in [1.165, 1.54) is 5.56 Å². The lowest BCUT2D eigenvalue weighted by molar-refractivity contribution is 0.101. The van der Waals surface area contributed by atoms with E-state index in [0.717, 1.165) is 28.0 Å². The molecule has 0 radical (unpaired) electrons. The Morgan fingerprint density at radius 2 is 1.91 bits per heavy atom. The highest BCUT2D eigenvalue weighted by Gasteiger charge is 2.15. The first-order valence-electron chi connectivity index (χ1n) is 7.64. The van der Waals surface area contributed by atoms with Crippen molar-refractivity contribution in [2.75, 3.05) is 4.72 Å². The number of carbonyl (C=O) groups is 1. The van der Waals surface area contributed by atoms with Gasteiger partial charge in [0.1, 0.15) is 11.3 Å². The van der Waals surface area contributed by atoms with Crippen molar-refractivity contribution in [3.8, 4) is 0 Å². The van der Waals surface area contributed by atoms with Crippen LogP contribution in [0.2, 0.25) is 0 Å². The summed E-state index contributed by atoms with van der Waals surface area (Å²) < 4.78 is 8.98. The van der Waals surface area contributed by atoms with Gasteiger partial charge in [0.25, 0.3) is 0 Å². The second-order valence-electron chi connectivity index (χ2n) is 5.50. The summed E-state index contributed by atoms with van der Waals surface area (Å²) in [4.78, 5) is 13.0. The zero-order valence-electron chi connectivity index (χ0n) is 13.5. The van der Waals surface area contributed by atoms with Gasteiger partial charge in [-0.2, -0.15) is 0 Å². The molecule has 0 atom stereocenters. The van der Waals surface area contributed by atoms with Crippen molar-refractivity contribution in [2.24, 2.45) is 0 Å². The summed E-state index contributed by atoms with van der Waals surface area (Å²) >= 11 is 1.56. The number of hydrogen-bond acceptors (Lipinski definition) is 4. The maximum absolute atomic E-state index is 11.8. The minimum atomic E-state index is 0.0289. The third-order valence-electron chi connectivity index (χ3n) is 3.83. The number of carbonyl (C=O) groups excluding carboxylic acids is 1. The van der Waals surface area contributed by atoms with Gasteiger partial charge in [-0.15, -0.1) is 0 Å². The van der Waals surface area contributed by atoms with Gasteiger partial charge in [-0.05, 0) is 68.1 Å². The van der Waals surface area contributed by atoms with Gasteiger partial charge in [-0.3, -0.25) is 4.79 Å². The van der Waals surface area contributed by atoms with Crippen LogP contribution < -0.4 is 4.72 Å². The zero-order chi connectivity index (χ0) is 16.4. The van der Waals surface area contributed by atoms with Crippen molar-refractivity contribution >= 4 is 34.4 Å². The summed E-state index contributed by atoms with van der Waals surface area (Å²) in [6.07, 6.45) is 1.04. The third kappa shape index (κ3) is 3.27. The van der Waals surface area contributed by atoms with Crippen molar-refractivity contribution in [3.63, 3.8) is 0 Å². The van der Waals surface area contributed by atoms with E-state index in [0.29, 0.717) is 11.3 Å². The van der Waals surface area contributed by atoms with Crippen LogP contribution in [0.5, 0.6) is 0 Å². The Labute approximate surface area is 140 Å². The molecular weight excluding hydrogens is 306 g/mol. The summed E-state index contributed by atoms with van der Waals surface area (Å²) in [5.74, 6) is 0.702. The van der Waals surface area contributed by atoms with Crippen LogP contribution in [0, 0.1) is 6.92 Å². The Bertz CT molecular complexity index is 850. The van der Waals surface area contributed by atoms with Crippen LogP contribution >= 0.6 is 11.9 Å². The summed E-state index contributed by atoms with van der Waals surface area (Å²) in [6.45, 7) is 5.55. The quantitative estimate of drug-likeness (QED) is 0.488. The predicted octanol–water partition coefficient (Wildman–Crippen LogP) is 5.63. The van der Waals surface area contributed by atoms with E-state index in [2.05, 4.69) is 35.9 Å². The molecular formula is C19H19NO2S. The smallest absolute Gasteiger partial charge is 0.163 e. The Balaban J connectivity index is 1.82. The number of ketones is 1. The molecule has 0 saturated heterocycles. The minimum absolute atomic E-state index is 0.0289. The molecule has 4 heteroatoms. The highest BCUT2D eigenvalue weighted by Crippen LogP contribution is 2.30. The van der Waals surface area contributed by atoms with Gasteiger partial charge in [-0.25, -0.2) is 0 Å². The van der Waals surface area contributed by atoms with Crippen molar-refractivity contribution in [1.82, 2.24) is 0 Å². The molecule has 23 heavy (non-hydrogen) atoms. The van der Waals surface area contributed by atoms with Gasteiger partial charge in [-0.1, -0.05) is 19.1 Å². The van der Waals surface area contributed by atoms with Crippen LogP contribution in [0.3, 0.4) is 0 Å². The minimum Gasteiger partial charge on any atom is -0.461 e. The number of aryl methyl sites for hydroxylation is 2. The molecule has 0 aliphatic rings. The molecule has 0 fully saturated rings. The van der Waals surface area contributed by atoms with E-state index < -0.39 is 0 Å². The largest absolute Gasteiger partial charge is 0.461 e. The molecule has 1 N–H and O–H groups in total. The topological polar surface area (TPSA) is 42.2 Å². The molecule has 0 bridgehead atoms. The average Bonchev–Trinajstić information content (AvgIpc) is 2.88. The highest BCUT2D eigenvalue weighted by atomic mass is 32.2. The maximum atomic E-state index is 11.8. The monoisotopic (exact) mass is 325 g/mol. The molecule has 3 rings (SSSR count). The first kappa shape index (κ1) is 15.7. The molecule has 2 aromatic carbocycles. The number of rotatable bonds is 5. The fourth-order valence-corrected chi connectivity index (χ4v) is 3.27. The van der Waals surface area contributed by atoms with E-state index in [4.69, 9.17) is 4.42 Å². The van der Waals surface area contributed by atoms with Crippen LogP contribution in [-0.4, -0.2) is 5.78 Å². The van der Waals surface area contributed by atoms with E-state index in [1.54, 1.807) is 18.9 Å². The van der Waals surface area contributed by atoms with E-state index in [9.17, 15) is 4.79 Å². The fourth-order valence-electron chi connectivity index (χ4n) is 2.63. The molecule has 0 amide bonds. The summed E-state index contributed by atoms with van der Waals surface area (Å²) in [5.41, 5.74) is 3.69. The second kappa shape index (κ2) is 6.50. The molecule has 118 valence electrons. The predicted molar refractivity (Wildman–Crippen MR) is 96.3 cm³/mol. The van der Waals surface area contributed by atoms with Crippen LogP contribution in [0.4, 0.5) is 5.69 Å². The lowest BCUT2D eigenvalue weighted by atomic mass is 10.1. The molecule has 3 aromatic rings. The number of fused-ring (bicyclic) bond motifs is 1. The van der Waals surface area contributed by atoms with E-state index >= 15 is 0 Å². The molecule has 1 heterocycles. The Kier molecular flexibility index (Phi) is 4.44. The zero-order valence-corrected chi connectivity index (χ0v) is 14.3. The number of anilines is 1. The van der Waals surface area contributed by atoms with Gasteiger partial charge >= 0.3 is 0 Å². The van der Waals surface area contributed by atoms with Crippen LogP contribution in [-0.2, 0) is 6.42 Å². The Hall–Kier alpha value is -2.20. The summed E-state index contributed by atoms with van der Waals surface area (Å²) in [7, 11) is 0. The number of Topliss-reactive ketones (excluding diaryl/α,β-unsaturated/α-hetero) is 1. The normalized spacial score (nSPS) is 10.9. The molecule has 0 aliphatic carbocycles. The molecule has 0 unspecified atom stereocenters. The van der Waals surface area contributed by atoms with Crippen LogP contribution in [0.15, 0.2) is 51.8 Å². The van der Waals surface area contributed by atoms with Crippen LogP contribution in [0.25, 0.3) is 11.0 Å². The van der Waals surface area contributed by atoms with Crippen molar-refractivity contribution < 1.29 is 9.21 Å². The average molecular weight is 325 g/mol. The number of furan rings is 1. The number of hydrogen-bond donors (Lipinski definition) is 1. The lowest BCUT2D eigenvalue weighted by Crippen LogP contribution is -1.93. The molecule has 3 nitrogen and oxygen atoms in total. The molecule has 0 spiro atoms. The van der Waals surface area contributed by atoms with Gasteiger partial charge in [0, 0.05) is 16.0 Å². The van der Waals surface area contributed by atoms with Crippen LogP contribution in [0.1, 0.15) is 35.5 Å². The first-order chi connectivity index (χ1) is 11.1. The van der Waals surface area contributed by atoms with E-state index in [-0.39, 0.29) is 5.78 Å². The van der Waals surface area contributed by atoms with E-state index in [1.807, 2.05) is 25.1 Å². The number of nitrogens with one attached hydrogen (secondary N) is 1. The highest BCUT2D eigenvalue weighted by molar-refractivity contribution is 8.00. The second-order valence-corrected chi connectivity index (χ2v) is 6.38. The summed E-state index contributed by atoms with van der Waals surface area (Å²) in [6, 6.07) is 14.3. The van der Waals surface area contributed by atoms with Crippen molar-refractivity contribution in [3.05, 3.63) is 59.4 Å². The number of benzene rings is 2. The maximum Gasteiger partial charge on any atom is 0.163 e. The fraction of sp³-hybridized carbons (Fsp3) is 0.211. The van der Waals surface area contributed by atoms with Gasteiger partial charge in [0.05, 0.1) is 5.56 Å². The first-order valence-corrected chi connectivity index (χ1v) is 8.46. The third-order valence-corrected chi connectivity index (χ3v) is 4.68. The SMILES string of the molecule is CCc1ccc(SNc2ccc3oc(C)c(C(C)=O)c3c2)cc1. The molecule has 0 aliphatic heterocycles. The summed E-state index contributed by atoms with van der Waals surface area (Å²) in [5, 5.41) is 0.863. The molecule has 0 saturated carbocycles. The van der Waals surface area contributed by atoms with Crippen molar-refractivity contribution in [1.29, 1.82) is 0 Å². The van der Waals surface area contributed by atoms with Gasteiger partial charge in [0.2, 0.25) is 0 Å². The van der Waals surface area contributed by atoms with Gasteiger partial charge in [0.15, 0.2) is 5.78 Å². The molecule has 1 aromatic heterocycles. The Morgan fingerprint density at radius 1 is 1.17 bits per heavy atom. The van der Waals surface area contributed by atoms with Gasteiger partial charge < -0.3 is 9.14 Å².